The van der Waals surface area contributed by atoms with Crippen molar-refractivity contribution < 1.29 is 4.39 Å². The van der Waals surface area contributed by atoms with Crippen LogP contribution in [0.25, 0.3) is 22.5 Å². The average Bonchev–Trinajstić information content (AvgIpc) is 2.76. The van der Waals surface area contributed by atoms with E-state index in [2.05, 4.69) is 26.0 Å². The summed E-state index contributed by atoms with van der Waals surface area (Å²) in [5.74, 6) is 0.154. The van der Waals surface area contributed by atoms with E-state index in [9.17, 15) is 4.39 Å². The number of pyridine rings is 1. The number of hydrogen-bond acceptors (Lipinski definition) is 3. The number of halogens is 2. The summed E-state index contributed by atoms with van der Waals surface area (Å²) in [5.41, 5.74) is 9.07. The molecule has 0 saturated heterocycles. The van der Waals surface area contributed by atoms with Gasteiger partial charge in [0, 0.05) is 11.5 Å². The standard InChI is InChI=1S/C15H12BrFN4/c1-21-15(18)13(9-3-2-4-10(16)7-9)14(20-21)12-6-5-11(17)8-19-12/h2-8H,18H2,1H3. The van der Waals surface area contributed by atoms with Gasteiger partial charge in [-0.1, -0.05) is 28.1 Å². The number of nitrogen functional groups attached to an aromatic ring is 1. The van der Waals surface area contributed by atoms with E-state index >= 15 is 0 Å². The Bertz CT molecular complexity index is 796. The van der Waals surface area contributed by atoms with Crippen LogP contribution >= 0.6 is 15.9 Å². The van der Waals surface area contributed by atoms with Gasteiger partial charge in [0.2, 0.25) is 0 Å². The van der Waals surface area contributed by atoms with Crippen LogP contribution in [0.1, 0.15) is 0 Å². The van der Waals surface area contributed by atoms with Gasteiger partial charge < -0.3 is 5.73 Å². The lowest BCUT2D eigenvalue weighted by Crippen LogP contribution is -1.97. The molecule has 0 aliphatic rings. The molecule has 3 aromatic rings. The highest BCUT2D eigenvalue weighted by molar-refractivity contribution is 9.10. The van der Waals surface area contributed by atoms with Crippen LogP contribution in [0.4, 0.5) is 10.2 Å². The molecular weight excluding hydrogens is 335 g/mol. The fourth-order valence-corrected chi connectivity index (χ4v) is 2.56. The topological polar surface area (TPSA) is 56.7 Å². The molecule has 0 aliphatic heterocycles. The molecular formula is C15H12BrFN4. The molecule has 2 N–H and O–H groups in total. The van der Waals surface area contributed by atoms with E-state index in [0.29, 0.717) is 17.2 Å². The molecule has 1 aromatic carbocycles. The third kappa shape index (κ3) is 2.54. The van der Waals surface area contributed by atoms with Crippen molar-refractivity contribution in [3.05, 3.63) is 52.9 Å². The number of nitrogens with two attached hydrogens (primary N) is 1. The van der Waals surface area contributed by atoms with E-state index in [-0.39, 0.29) is 5.82 Å². The van der Waals surface area contributed by atoms with Crippen LogP contribution < -0.4 is 5.73 Å². The molecule has 0 atom stereocenters. The normalized spacial score (nSPS) is 10.8. The Kier molecular flexibility index (Phi) is 3.47. The summed E-state index contributed by atoms with van der Waals surface area (Å²) in [5, 5.41) is 4.41. The first-order chi connectivity index (χ1) is 10.1. The third-order valence-electron chi connectivity index (χ3n) is 3.17. The third-order valence-corrected chi connectivity index (χ3v) is 3.67. The first-order valence-corrected chi connectivity index (χ1v) is 7.06. The van der Waals surface area contributed by atoms with Gasteiger partial charge in [0.25, 0.3) is 0 Å². The smallest absolute Gasteiger partial charge is 0.141 e. The number of rotatable bonds is 2. The molecule has 0 bridgehead atoms. The summed E-state index contributed by atoms with van der Waals surface area (Å²) in [4.78, 5) is 4.09. The quantitative estimate of drug-likeness (QED) is 0.770. The summed E-state index contributed by atoms with van der Waals surface area (Å²) in [6, 6.07) is 10.7. The van der Waals surface area contributed by atoms with Crippen molar-refractivity contribution in [2.45, 2.75) is 0 Å². The lowest BCUT2D eigenvalue weighted by Gasteiger charge is -2.04. The van der Waals surface area contributed by atoms with Crippen LogP contribution in [0.2, 0.25) is 0 Å². The largest absolute Gasteiger partial charge is 0.383 e. The molecule has 6 heteroatoms. The number of nitrogens with zero attached hydrogens (tertiary/aromatic N) is 3. The fraction of sp³-hybridized carbons (Fsp3) is 0.0667. The van der Waals surface area contributed by atoms with Gasteiger partial charge in [0.1, 0.15) is 17.3 Å². The number of aromatic nitrogens is 3. The molecule has 0 saturated carbocycles. The van der Waals surface area contributed by atoms with Gasteiger partial charge in [-0.3, -0.25) is 9.67 Å². The van der Waals surface area contributed by atoms with Crippen LogP contribution in [-0.2, 0) is 7.05 Å². The molecule has 0 fully saturated rings. The first-order valence-electron chi connectivity index (χ1n) is 6.26. The average molecular weight is 347 g/mol. The molecule has 106 valence electrons. The van der Waals surface area contributed by atoms with Crippen LogP contribution in [0, 0.1) is 5.82 Å². The minimum atomic E-state index is -0.383. The Morgan fingerprint density at radius 3 is 2.71 bits per heavy atom. The summed E-state index contributed by atoms with van der Waals surface area (Å²) >= 11 is 3.45. The predicted molar refractivity (Wildman–Crippen MR) is 83.9 cm³/mol. The number of hydrogen-bond donors (Lipinski definition) is 1. The van der Waals surface area contributed by atoms with Crippen molar-refractivity contribution >= 4 is 21.7 Å². The van der Waals surface area contributed by atoms with Gasteiger partial charge >= 0.3 is 0 Å². The molecule has 2 heterocycles. The Labute approximate surface area is 129 Å². The van der Waals surface area contributed by atoms with Gasteiger partial charge in [-0.15, -0.1) is 0 Å². The number of anilines is 1. The SMILES string of the molecule is Cn1nc(-c2ccc(F)cn2)c(-c2cccc(Br)c2)c1N. The van der Waals surface area contributed by atoms with E-state index in [0.717, 1.165) is 15.6 Å². The second kappa shape index (κ2) is 5.29. The Balaban J connectivity index is 2.23. The summed E-state index contributed by atoms with van der Waals surface area (Å²) in [6.07, 6.45) is 1.17. The molecule has 0 spiro atoms. The zero-order valence-electron chi connectivity index (χ0n) is 11.2. The van der Waals surface area contributed by atoms with E-state index in [4.69, 9.17) is 5.73 Å². The van der Waals surface area contributed by atoms with Crippen LogP contribution in [0.3, 0.4) is 0 Å². The van der Waals surface area contributed by atoms with Crippen molar-refractivity contribution in [2.24, 2.45) is 7.05 Å². The zero-order chi connectivity index (χ0) is 15.0. The van der Waals surface area contributed by atoms with Gasteiger partial charge in [-0.2, -0.15) is 5.10 Å². The van der Waals surface area contributed by atoms with Gasteiger partial charge in [-0.25, -0.2) is 4.39 Å². The van der Waals surface area contributed by atoms with Gasteiger partial charge in [0.15, 0.2) is 0 Å². The maximum absolute atomic E-state index is 13.0. The van der Waals surface area contributed by atoms with Crippen molar-refractivity contribution in [2.75, 3.05) is 5.73 Å². The lowest BCUT2D eigenvalue weighted by molar-refractivity contribution is 0.621. The Hall–Kier alpha value is -2.21. The van der Waals surface area contributed by atoms with Gasteiger partial charge in [-0.05, 0) is 29.8 Å². The van der Waals surface area contributed by atoms with Crippen LogP contribution in [0.5, 0.6) is 0 Å². The monoisotopic (exact) mass is 346 g/mol. The maximum atomic E-state index is 13.0. The lowest BCUT2D eigenvalue weighted by atomic mass is 10.0. The minimum Gasteiger partial charge on any atom is -0.383 e. The molecule has 0 amide bonds. The Morgan fingerprint density at radius 1 is 1.24 bits per heavy atom. The minimum absolute atomic E-state index is 0.383. The van der Waals surface area contributed by atoms with E-state index in [1.165, 1.54) is 12.3 Å². The number of aryl methyl sites for hydroxylation is 1. The number of benzene rings is 1. The molecule has 0 radical (unpaired) electrons. The van der Waals surface area contributed by atoms with Crippen LogP contribution in [0.15, 0.2) is 47.1 Å². The Morgan fingerprint density at radius 2 is 2.05 bits per heavy atom. The second-order valence-corrected chi connectivity index (χ2v) is 5.52. The molecule has 2 aromatic heterocycles. The van der Waals surface area contributed by atoms with E-state index < -0.39 is 0 Å². The van der Waals surface area contributed by atoms with Crippen molar-refractivity contribution in [1.29, 1.82) is 0 Å². The first kappa shape index (κ1) is 13.8. The fourth-order valence-electron chi connectivity index (χ4n) is 2.16. The molecule has 0 aliphatic carbocycles. The second-order valence-electron chi connectivity index (χ2n) is 4.60. The van der Waals surface area contributed by atoms with Crippen molar-refractivity contribution in [3.8, 4) is 22.5 Å². The molecule has 3 rings (SSSR count). The molecule has 21 heavy (non-hydrogen) atoms. The summed E-state index contributed by atoms with van der Waals surface area (Å²) < 4.78 is 15.6. The predicted octanol–water partition coefficient (Wildman–Crippen LogP) is 3.63. The molecule has 0 unspecified atom stereocenters. The van der Waals surface area contributed by atoms with Crippen LogP contribution in [-0.4, -0.2) is 14.8 Å². The van der Waals surface area contributed by atoms with E-state index in [1.54, 1.807) is 17.8 Å². The maximum Gasteiger partial charge on any atom is 0.141 e. The zero-order valence-corrected chi connectivity index (χ0v) is 12.8. The van der Waals surface area contributed by atoms with Crippen molar-refractivity contribution in [3.63, 3.8) is 0 Å². The van der Waals surface area contributed by atoms with E-state index in [1.807, 2.05) is 24.3 Å². The summed E-state index contributed by atoms with van der Waals surface area (Å²) in [7, 11) is 1.77. The van der Waals surface area contributed by atoms with Gasteiger partial charge in [0.05, 0.1) is 17.5 Å². The molecule has 4 nitrogen and oxygen atoms in total. The van der Waals surface area contributed by atoms with Crippen molar-refractivity contribution in [1.82, 2.24) is 14.8 Å². The summed E-state index contributed by atoms with van der Waals surface area (Å²) in [6.45, 7) is 0. The highest BCUT2D eigenvalue weighted by Gasteiger charge is 2.18. The highest BCUT2D eigenvalue weighted by atomic mass is 79.9. The highest BCUT2D eigenvalue weighted by Crippen LogP contribution is 2.35.